The summed E-state index contributed by atoms with van der Waals surface area (Å²) in [5, 5.41) is 3.01. The molecule has 0 saturated heterocycles. The zero-order valence-corrected chi connectivity index (χ0v) is 12.1. The van der Waals surface area contributed by atoms with E-state index in [0.29, 0.717) is 11.4 Å². The molecule has 0 aliphatic rings. The maximum absolute atomic E-state index is 12.4. The fraction of sp³-hybridized carbons (Fsp3) is 0.312. The quantitative estimate of drug-likeness (QED) is 0.897. The van der Waals surface area contributed by atoms with E-state index < -0.39 is 0 Å². The second-order valence-corrected chi connectivity index (χ2v) is 5.27. The molecule has 4 heteroatoms. The van der Waals surface area contributed by atoms with E-state index >= 15 is 0 Å². The Morgan fingerprint density at radius 3 is 2.45 bits per heavy atom. The first-order valence-electron chi connectivity index (χ1n) is 6.82. The van der Waals surface area contributed by atoms with Crippen molar-refractivity contribution in [1.82, 2.24) is 9.88 Å². The topological polar surface area (TPSA) is 60.0 Å². The van der Waals surface area contributed by atoms with E-state index in [0.717, 1.165) is 5.56 Å². The Hall–Kier alpha value is -2.23. The molecule has 0 fully saturated rings. The Balaban J connectivity index is 2.16. The van der Waals surface area contributed by atoms with Gasteiger partial charge >= 0.3 is 0 Å². The highest BCUT2D eigenvalue weighted by Crippen LogP contribution is 2.18. The van der Waals surface area contributed by atoms with Crippen molar-refractivity contribution in [2.24, 2.45) is 0 Å². The summed E-state index contributed by atoms with van der Waals surface area (Å²) >= 11 is 0. The van der Waals surface area contributed by atoms with Gasteiger partial charge in [-0.3, -0.25) is 4.79 Å². The first-order valence-corrected chi connectivity index (χ1v) is 6.82. The van der Waals surface area contributed by atoms with Gasteiger partial charge in [0.25, 0.3) is 5.91 Å². The first-order chi connectivity index (χ1) is 9.49. The van der Waals surface area contributed by atoms with Crippen molar-refractivity contribution < 1.29 is 4.79 Å². The highest BCUT2D eigenvalue weighted by molar-refractivity contribution is 5.94. The minimum Gasteiger partial charge on any atom is -0.397 e. The number of carbonyl (C=O) groups is 1. The third-order valence-corrected chi connectivity index (χ3v) is 3.31. The van der Waals surface area contributed by atoms with E-state index in [4.69, 9.17) is 5.73 Å². The average molecular weight is 271 g/mol. The van der Waals surface area contributed by atoms with Crippen LogP contribution in [-0.2, 0) is 0 Å². The fourth-order valence-corrected chi connectivity index (χ4v) is 2.21. The molecule has 3 N–H and O–H groups in total. The lowest BCUT2D eigenvalue weighted by Gasteiger charge is -2.17. The number of amides is 1. The van der Waals surface area contributed by atoms with Crippen LogP contribution < -0.4 is 11.1 Å². The lowest BCUT2D eigenvalue weighted by atomic mass is 10.1. The third-order valence-electron chi connectivity index (χ3n) is 3.31. The number of nitrogens with one attached hydrogen (secondary N) is 1. The number of nitrogens with zero attached hydrogens (tertiary/aromatic N) is 1. The number of hydrogen-bond donors (Lipinski definition) is 2. The Morgan fingerprint density at radius 2 is 1.85 bits per heavy atom. The van der Waals surface area contributed by atoms with Gasteiger partial charge in [-0.15, -0.1) is 0 Å². The summed E-state index contributed by atoms with van der Waals surface area (Å²) in [6.45, 7) is 6.02. The van der Waals surface area contributed by atoms with Crippen molar-refractivity contribution >= 4 is 11.6 Å². The molecule has 0 bridgehead atoms. The Kier molecular flexibility index (Phi) is 4.13. The van der Waals surface area contributed by atoms with E-state index in [-0.39, 0.29) is 18.0 Å². The van der Waals surface area contributed by atoms with Crippen LogP contribution in [0.1, 0.15) is 48.9 Å². The number of nitrogens with two attached hydrogens (primary N) is 1. The Morgan fingerprint density at radius 1 is 1.20 bits per heavy atom. The normalized spacial score (nSPS) is 12.4. The number of hydrogen-bond acceptors (Lipinski definition) is 2. The molecule has 1 aromatic heterocycles. The number of carbonyl (C=O) groups excluding carboxylic acids is 1. The summed E-state index contributed by atoms with van der Waals surface area (Å²) in [7, 11) is 0. The summed E-state index contributed by atoms with van der Waals surface area (Å²) in [6.07, 6.45) is 1.80. The lowest BCUT2D eigenvalue weighted by molar-refractivity contribution is 0.0929. The predicted molar refractivity (Wildman–Crippen MR) is 81.6 cm³/mol. The molecule has 106 valence electrons. The second kappa shape index (κ2) is 5.82. The molecule has 0 aliphatic heterocycles. The van der Waals surface area contributed by atoms with Crippen LogP contribution in [0.15, 0.2) is 42.6 Å². The van der Waals surface area contributed by atoms with Gasteiger partial charge in [-0.25, -0.2) is 0 Å². The van der Waals surface area contributed by atoms with Gasteiger partial charge in [-0.2, -0.15) is 0 Å². The zero-order chi connectivity index (χ0) is 14.7. The minimum atomic E-state index is -0.105. The molecule has 1 atom stereocenters. The van der Waals surface area contributed by atoms with Crippen molar-refractivity contribution in [2.75, 3.05) is 5.73 Å². The predicted octanol–water partition coefficient (Wildman–Crippen LogP) is 3.14. The van der Waals surface area contributed by atoms with Crippen LogP contribution >= 0.6 is 0 Å². The van der Waals surface area contributed by atoms with Crippen molar-refractivity contribution in [1.29, 1.82) is 0 Å². The van der Waals surface area contributed by atoms with Gasteiger partial charge < -0.3 is 15.6 Å². The maximum Gasteiger partial charge on any atom is 0.268 e. The molecule has 2 aromatic rings. The number of nitrogen functional groups attached to an aromatic ring is 1. The van der Waals surface area contributed by atoms with Crippen molar-refractivity contribution in [2.45, 2.75) is 32.9 Å². The fourth-order valence-electron chi connectivity index (χ4n) is 2.21. The molecule has 1 amide bonds. The molecular weight excluding hydrogens is 250 g/mol. The van der Waals surface area contributed by atoms with Crippen LogP contribution in [0.3, 0.4) is 0 Å². The Bertz CT molecular complexity index is 587. The van der Waals surface area contributed by atoms with E-state index in [2.05, 4.69) is 5.32 Å². The van der Waals surface area contributed by atoms with Gasteiger partial charge in [0.2, 0.25) is 0 Å². The molecule has 1 heterocycles. The highest BCUT2D eigenvalue weighted by atomic mass is 16.2. The molecular formula is C16H21N3O. The molecule has 1 aromatic carbocycles. The lowest BCUT2D eigenvalue weighted by Crippen LogP contribution is -2.28. The molecule has 4 nitrogen and oxygen atoms in total. The number of rotatable bonds is 4. The van der Waals surface area contributed by atoms with Crippen molar-refractivity contribution in [3.05, 3.63) is 53.9 Å². The van der Waals surface area contributed by atoms with Crippen LogP contribution in [0.2, 0.25) is 0 Å². The molecule has 0 aliphatic carbocycles. The number of anilines is 1. The smallest absolute Gasteiger partial charge is 0.268 e. The molecule has 0 saturated carbocycles. The van der Waals surface area contributed by atoms with Gasteiger partial charge in [0, 0.05) is 12.2 Å². The second-order valence-electron chi connectivity index (χ2n) is 5.27. The minimum absolute atomic E-state index is 0.0413. The zero-order valence-electron chi connectivity index (χ0n) is 12.1. The monoisotopic (exact) mass is 271 g/mol. The van der Waals surface area contributed by atoms with Crippen LogP contribution in [0.25, 0.3) is 0 Å². The summed E-state index contributed by atoms with van der Waals surface area (Å²) in [5.41, 5.74) is 8.08. The van der Waals surface area contributed by atoms with Gasteiger partial charge in [-0.1, -0.05) is 30.3 Å². The number of benzene rings is 1. The van der Waals surface area contributed by atoms with Crippen LogP contribution in [-0.4, -0.2) is 10.5 Å². The van der Waals surface area contributed by atoms with E-state index in [1.54, 1.807) is 12.3 Å². The van der Waals surface area contributed by atoms with Crippen LogP contribution in [0.5, 0.6) is 0 Å². The molecule has 20 heavy (non-hydrogen) atoms. The van der Waals surface area contributed by atoms with Gasteiger partial charge in [-0.05, 0) is 32.4 Å². The maximum atomic E-state index is 12.4. The average Bonchev–Trinajstić information content (AvgIpc) is 2.82. The molecule has 0 spiro atoms. The Labute approximate surface area is 119 Å². The van der Waals surface area contributed by atoms with E-state index in [1.165, 1.54) is 0 Å². The summed E-state index contributed by atoms with van der Waals surface area (Å²) in [4.78, 5) is 12.4. The summed E-state index contributed by atoms with van der Waals surface area (Å²) in [5.74, 6) is -0.105. The molecule has 0 unspecified atom stereocenters. The third kappa shape index (κ3) is 3.02. The van der Waals surface area contributed by atoms with Crippen LogP contribution in [0, 0.1) is 0 Å². The van der Waals surface area contributed by atoms with Gasteiger partial charge in [0.05, 0.1) is 11.7 Å². The SMILES string of the molecule is CC(C)n1cc(N)cc1C(=O)N[C@@H](C)c1ccccc1. The molecule has 0 radical (unpaired) electrons. The van der Waals surface area contributed by atoms with Crippen molar-refractivity contribution in [3.8, 4) is 0 Å². The van der Waals surface area contributed by atoms with Crippen LogP contribution in [0.4, 0.5) is 5.69 Å². The van der Waals surface area contributed by atoms with Gasteiger partial charge in [0.1, 0.15) is 5.69 Å². The largest absolute Gasteiger partial charge is 0.397 e. The highest BCUT2D eigenvalue weighted by Gasteiger charge is 2.17. The van der Waals surface area contributed by atoms with Gasteiger partial charge in [0.15, 0.2) is 0 Å². The summed E-state index contributed by atoms with van der Waals surface area (Å²) in [6, 6.07) is 11.8. The van der Waals surface area contributed by atoms with E-state index in [9.17, 15) is 4.79 Å². The number of aromatic nitrogens is 1. The standard InChI is InChI=1S/C16H21N3O/c1-11(2)19-10-14(17)9-15(19)16(20)18-12(3)13-7-5-4-6-8-13/h4-12H,17H2,1-3H3,(H,18,20)/t12-/m0/s1. The molecule has 2 rings (SSSR count). The van der Waals surface area contributed by atoms with Crippen molar-refractivity contribution in [3.63, 3.8) is 0 Å². The summed E-state index contributed by atoms with van der Waals surface area (Å²) < 4.78 is 1.89. The van der Waals surface area contributed by atoms with E-state index in [1.807, 2.05) is 55.7 Å². The first kappa shape index (κ1) is 14.2.